The molecule has 1 amide bonds. The van der Waals surface area contributed by atoms with Gasteiger partial charge in [-0.2, -0.15) is 0 Å². The lowest BCUT2D eigenvalue weighted by Gasteiger charge is -2.08. The Balaban J connectivity index is 1.93. The molecule has 0 aliphatic rings. The zero-order chi connectivity index (χ0) is 14.4. The number of aromatic nitrogens is 1. The van der Waals surface area contributed by atoms with E-state index in [0.717, 1.165) is 12.1 Å². The van der Waals surface area contributed by atoms with Crippen LogP contribution >= 0.6 is 0 Å². The molecule has 1 heterocycles. The van der Waals surface area contributed by atoms with Crippen molar-refractivity contribution in [3.05, 3.63) is 59.3 Å². The average Bonchev–Trinajstić information content (AvgIpc) is 2.47. The first kappa shape index (κ1) is 14.1. The molecule has 2 N–H and O–H groups in total. The van der Waals surface area contributed by atoms with Gasteiger partial charge in [0, 0.05) is 24.8 Å². The predicted octanol–water partition coefficient (Wildman–Crippen LogP) is 2.40. The molecule has 1 aromatic heterocycles. The number of nitrogens with one attached hydrogen (secondary N) is 2. The highest BCUT2D eigenvalue weighted by molar-refractivity contribution is 5.95. The van der Waals surface area contributed by atoms with Gasteiger partial charge in [-0.3, -0.25) is 4.79 Å². The van der Waals surface area contributed by atoms with Gasteiger partial charge in [-0.1, -0.05) is 30.3 Å². The van der Waals surface area contributed by atoms with Crippen molar-refractivity contribution in [1.29, 1.82) is 0 Å². The Hall–Kier alpha value is -2.36. The van der Waals surface area contributed by atoms with Crippen molar-refractivity contribution in [3.8, 4) is 0 Å². The molecule has 0 fully saturated rings. The standard InChI is InChI=1S/C16H19N3O/c1-12-10-14(11-15(17-2)19-12)16(20)18-9-8-13-6-4-3-5-7-13/h3-7,10-11H,8-9H2,1-2H3,(H,17,19)(H,18,20). The molecule has 0 atom stereocenters. The van der Waals surface area contributed by atoms with Crippen LogP contribution in [0, 0.1) is 6.92 Å². The number of amides is 1. The van der Waals surface area contributed by atoms with Crippen molar-refractivity contribution in [2.24, 2.45) is 0 Å². The van der Waals surface area contributed by atoms with Crippen molar-refractivity contribution >= 4 is 11.7 Å². The maximum absolute atomic E-state index is 12.1. The van der Waals surface area contributed by atoms with Gasteiger partial charge in [-0.05, 0) is 31.0 Å². The summed E-state index contributed by atoms with van der Waals surface area (Å²) in [6.45, 7) is 2.50. The fourth-order valence-electron chi connectivity index (χ4n) is 1.99. The number of carbonyl (C=O) groups is 1. The number of benzene rings is 1. The predicted molar refractivity (Wildman–Crippen MR) is 81.0 cm³/mol. The SMILES string of the molecule is CNc1cc(C(=O)NCCc2ccccc2)cc(C)n1. The summed E-state index contributed by atoms with van der Waals surface area (Å²) in [6, 6.07) is 13.7. The number of carbonyl (C=O) groups excluding carboxylic acids is 1. The zero-order valence-corrected chi connectivity index (χ0v) is 11.8. The molecule has 0 radical (unpaired) electrons. The highest BCUT2D eigenvalue weighted by Crippen LogP contribution is 2.09. The molecule has 2 rings (SSSR count). The van der Waals surface area contributed by atoms with Crippen LogP contribution in [0.2, 0.25) is 0 Å². The molecule has 2 aromatic rings. The summed E-state index contributed by atoms with van der Waals surface area (Å²) in [6.07, 6.45) is 0.829. The van der Waals surface area contributed by atoms with Gasteiger partial charge in [-0.15, -0.1) is 0 Å². The summed E-state index contributed by atoms with van der Waals surface area (Å²) in [5.41, 5.74) is 2.68. The van der Waals surface area contributed by atoms with E-state index in [1.165, 1.54) is 5.56 Å². The minimum atomic E-state index is -0.0667. The highest BCUT2D eigenvalue weighted by Gasteiger charge is 2.07. The van der Waals surface area contributed by atoms with E-state index >= 15 is 0 Å². The zero-order valence-electron chi connectivity index (χ0n) is 11.8. The van der Waals surface area contributed by atoms with E-state index in [0.29, 0.717) is 17.9 Å². The van der Waals surface area contributed by atoms with Gasteiger partial charge in [0.15, 0.2) is 0 Å². The van der Waals surface area contributed by atoms with Gasteiger partial charge >= 0.3 is 0 Å². The summed E-state index contributed by atoms with van der Waals surface area (Å²) in [7, 11) is 1.79. The van der Waals surface area contributed by atoms with Gasteiger partial charge in [0.25, 0.3) is 5.91 Å². The van der Waals surface area contributed by atoms with E-state index in [9.17, 15) is 4.79 Å². The van der Waals surface area contributed by atoms with Crippen LogP contribution in [0.5, 0.6) is 0 Å². The quantitative estimate of drug-likeness (QED) is 0.876. The Labute approximate surface area is 119 Å². The molecule has 0 aliphatic heterocycles. The molecule has 0 unspecified atom stereocenters. The van der Waals surface area contributed by atoms with Gasteiger partial charge in [0.1, 0.15) is 5.82 Å². The number of aryl methyl sites for hydroxylation is 1. The largest absolute Gasteiger partial charge is 0.373 e. The molecule has 4 heteroatoms. The average molecular weight is 269 g/mol. The fraction of sp³-hybridized carbons (Fsp3) is 0.250. The highest BCUT2D eigenvalue weighted by atomic mass is 16.1. The molecule has 20 heavy (non-hydrogen) atoms. The van der Waals surface area contributed by atoms with Gasteiger partial charge in [-0.25, -0.2) is 4.98 Å². The molecule has 0 spiro atoms. The van der Waals surface area contributed by atoms with E-state index in [1.807, 2.05) is 25.1 Å². The lowest BCUT2D eigenvalue weighted by Crippen LogP contribution is -2.26. The van der Waals surface area contributed by atoms with Crippen LogP contribution in [-0.4, -0.2) is 24.5 Å². The number of anilines is 1. The summed E-state index contributed by atoms with van der Waals surface area (Å²) < 4.78 is 0. The lowest BCUT2D eigenvalue weighted by molar-refractivity contribution is 0.0954. The molecular weight excluding hydrogens is 250 g/mol. The first-order chi connectivity index (χ1) is 9.69. The molecule has 4 nitrogen and oxygen atoms in total. The van der Waals surface area contributed by atoms with Crippen LogP contribution < -0.4 is 10.6 Å². The van der Waals surface area contributed by atoms with Crippen molar-refractivity contribution < 1.29 is 4.79 Å². The van der Waals surface area contributed by atoms with Crippen LogP contribution in [0.3, 0.4) is 0 Å². The van der Waals surface area contributed by atoms with E-state index in [4.69, 9.17) is 0 Å². The number of nitrogens with zero attached hydrogens (tertiary/aromatic N) is 1. The van der Waals surface area contributed by atoms with Crippen LogP contribution in [-0.2, 0) is 6.42 Å². The van der Waals surface area contributed by atoms with Gasteiger partial charge < -0.3 is 10.6 Å². The molecule has 0 saturated carbocycles. The second kappa shape index (κ2) is 6.70. The Kier molecular flexibility index (Phi) is 4.71. The molecule has 1 aromatic carbocycles. The van der Waals surface area contributed by atoms with E-state index < -0.39 is 0 Å². The topological polar surface area (TPSA) is 54.0 Å². The van der Waals surface area contributed by atoms with Crippen LogP contribution in [0.1, 0.15) is 21.6 Å². The Bertz CT molecular complexity index is 582. The summed E-state index contributed by atoms with van der Waals surface area (Å²) in [5.74, 6) is 0.640. The first-order valence-corrected chi connectivity index (χ1v) is 6.67. The Morgan fingerprint density at radius 2 is 1.95 bits per heavy atom. The second-order valence-corrected chi connectivity index (χ2v) is 4.62. The number of rotatable bonds is 5. The summed E-state index contributed by atoms with van der Waals surface area (Å²) in [4.78, 5) is 16.4. The monoisotopic (exact) mass is 269 g/mol. The van der Waals surface area contributed by atoms with Gasteiger partial charge in [0.05, 0.1) is 0 Å². The molecule has 0 bridgehead atoms. The minimum Gasteiger partial charge on any atom is -0.373 e. The van der Waals surface area contributed by atoms with E-state index in [1.54, 1.807) is 19.2 Å². The third kappa shape index (κ3) is 3.82. The second-order valence-electron chi connectivity index (χ2n) is 4.62. The normalized spacial score (nSPS) is 10.1. The van der Waals surface area contributed by atoms with Crippen molar-refractivity contribution in [3.63, 3.8) is 0 Å². The van der Waals surface area contributed by atoms with Crippen molar-refractivity contribution in [1.82, 2.24) is 10.3 Å². The van der Waals surface area contributed by atoms with E-state index in [-0.39, 0.29) is 5.91 Å². The van der Waals surface area contributed by atoms with E-state index in [2.05, 4.69) is 27.8 Å². The van der Waals surface area contributed by atoms with Crippen LogP contribution in [0.4, 0.5) is 5.82 Å². The lowest BCUT2D eigenvalue weighted by atomic mass is 10.1. The Morgan fingerprint density at radius 1 is 1.20 bits per heavy atom. The number of pyridine rings is 1. The minimum absolute atomic E-state index is 0.0667. The van der Waals surface area contributed by atoms with Crippen LogP contribution in [0.15, 0.2) is 42.5 Å². The number of hydrogen-bond acceptors (Lipinski definition) is 3. The fourth-order valence-corrected chi connectivity index (χ4v) is 1.99. The first-order valence-electron chi connectivity index (χ1n) is 6.67. The molecule has 0 saturated heterocycles. The maximum Gasteiger partial charge on any atom is 0.251 e. The van der Waals surface area contributed by atoms with Crippen molar-refractivity contribution in [2.45, 2.75) is 13.3 Å². The molecule has 0 aliphatic carbocycles. The third-order valence-corrected chi connectivity index (χ3v) is 3.01. The summed E-state index contributed by atoms with van der Waals surface area (Å²) in [5, 5.41) is 5.89. The number of hydrogen-bond donors (Lipinski definition) is 2. The Morgan fingerprint density at radius 3 is 2.65 bits per heavy atom. The third-order valence-electron chi connectivity index (χ3n) is 3.01. The van der Waals surface area contributed by atoms with Crippen LogP contribution in [0.25, 0.3) is 0 Å². The van der Waals surface area contributed by atoms with Gasteiger partial charge in [0.2, 0.25) is 0 Å². The summed E-state index contributed by atoms with van der Waals surface area (Å²) >= 11 is 0. The maximum atomic E-state index is 12.1. The molecular formula is C16H19N3O. The van der Waals surface area contributed by atoms with Crippen molar-refractivity contribution in [2.75, 3.05) is 18.9 Å². The molecule has 104 valence electrons. The smallest absolute Gasteiger partial charge is 0.251 e.